The predicted octanol–water partition coefficient (Wildman–Crippen LogP) is 3.69. The second kappa shape index (κ2) is 5.75. The minimum absolute atomic E-state index is 0.144. The van der Waals surface area contributed by atoms with Gasteiger partial charge in [0.15, 0.2) is 0 Å². The summed E-state index contributed by atoms with van der Waals surface area (Å²) in [5.74, 6) is 0.144. The number of rotatable bonds is 3. The predicted molar refractivity (Wildman–Crippen MR) is 70.9 cm³/mol. The van der Waals surface area contributed by atoms with E-state index in [1.165, 1.54) is 12.1 Å². The molecule has 0 amide bonds. The lowest BCUT2D eigenvalue weighted by Gasteiger charge is -2.12. The van der Waals surface area contributed by atoms with E-state index in [1.807, 2.05) is 0 Å². The van der Waals surface area contributed by atoms with Gasteiger partial charge in [0.05, 0.1) is 17.8 Å². The number of aliphatic hydroxyl groups is 1. The van der Waals surface area contributed by atoms with E-state index in [-0.39, 0.29) is 17.3 Å². The van der Waals surface area contributed by atoms with Crippen molar-refractivity contribution in [1.29, 1.82) is 0 Å². The fourth-order valence-electron chi connectivity index (χ4n) is 1.83. The maximum absolute atomic E-state index is 12.6. The van der Waals surface area contributed by atoms with E-state index in [9.17, 15) is 18.3 Å². The number of hydrogen-bond acceptors (Lipinski definition) is 3. The van der Waals surface area contributed by atoms with Gasteiger partial charge in [-0.05, 0) is 36.6 Å². The summed E-state index contributed by atoms with van der Waals surface area (Å²) in [6.07, 6.45) is -2.19. The van der Waals surface area contributed by atoms with Gasteiger partial charge in [0.1, 0.15) is 5.76 Å². The number of allylic oxidation sites excluding steroid dienone is 1. The van der Waals surface area contributed by atoms with Gasteiger partial charge in [0.25, 0.3) is 0 Å². The monoisotopic (exact) mass is 304 g/mol. The normalized spacial score (nSPS) is 15.4. The number of hydrazone groups is 1. The van der Waals surface area contributed by atoms with Gasteiger partial charge >= 0.3 is 6.18 Å². The van der Waals surface area contributed by atoms with Crippen LogP contribution in [0.1, 0.15) is 17.5 Å². The Balaban J connectivity index is 2.11. The SMILES string of the molecule is OC1=CC(CCc2cc(C(F)(F)F)ccc2Cl)=NNC1. The summed E-state index contributed by atoms with van der Waals surface area (Å²) in [5, 5.41) is 13.6. The van der Waals surface area contributed by atoms with Gasteiger partial charge in [-0.15, -0.1) is 0 Å². The Bertz CT molecular complexity index is 567. The van der Waals surface area contributed by atoms with Crippen LogP contribution in [0.5, 0.6) is 0 Å². The van der Waals surface area contributed by atoms with Crippen LogP contribution in [-0.4, -0.2) is 17.4 Å². The number of hydrogen-bond donors (Lipinski definition) is 2. The van der Waals surface area contributed by atoms with Crippen molar-refractivity contribution >= 4 is 17.3 Å². The molecule has 0 saturated carbocycles. The molecule has 1 aliphatic heterocycles. The van der Waals surface area contributed by atoms with Gasteiger partial charge in [-0.25, -0.2) is 0 Å². The van der Waals surface area contributed by atoms with E-state index in [2.05, 4.69) is 10.5 Å². The summed E-state index contributed by atoms with van der Waals surface area (Å²) in [4.78, 5) is 0. The van der Waals surface area contributed by atoms with Crippen molar-refractivity contribution in [3.8, 4) is 0 Å². The number of alkyl halides is 3. The molecular weight excluding hydrogens is 293 g/mol. The lowest BCUT2D eigenvalue weighted by Crippen LogP contribution is -2.19. The van der Waals surface area contributed by atoms with Crippen LogP contribution < -0.4 is 5.43 Å². The van der Waals surface area contributed by atoms with E-state index in [0.717, 1.165) is 12.1 Å². The van der Waals surface area contributed by atoms with Crippen molar-refractivity contribution in [3.63, 3.8) is 0 Å². The minimum atomic E-state index is -4.39. The molecule has 2 rings (SSSR count). The fourth-order valence-corrected chi connectivity index (χ4v) is 2.04. The molecule has 0 unspecified atom stereocenters. The zero-order valence-corrected chi connectivity index (χ0v) is 11.1. The first-order chi connectivity index (χ1) is 9.36. The van der Waals surface area contributed by atoms with Gasteiger partial charge < -0.3 is 10.5 Å². The average Bonchev–Trinajstić information content (AvgIpc) is 2.36. The molecule has 7 heteroatoms. The first kappa shape index (κ1) is 14.7. The van der Waals surface area contributed by atoms with Gasteiger partial charge in [-0.2, -0.15) is 18.3 Å². The topological polar surface area (TPSA) is 44.6 Å². The molecule has 0 spiro atoms. The number of nitrogens with zero attached hydrogens (tertiary/aromatic N) is 1. The molecule has 1 aromatic carbocycles. The molecule has 0 atom stereocenters. The molecule has 20 heavy (non-hydrogen) atoms. The molecule has 1 aliphatic rings. The molecule has 1 heterocycles. The van der Waals surface area contributed by atoms with Gasteiger partial charge in [-0.3, -0.25) is 0 Å². The number of nitrogens with one attached hydrogen (secondary N) is 1. The lowest BCUT2D eigenvalue weighted by atomic mass is 10.0. The van der Waals surface area contributed by atoms with Crippen LogP contribution >= 0.6 is 11.6 Å². The van der Waals surface area contributed by atoms with Crippen molar-refractivity contribution in [2.75, 3.05) is 6.54 Å². The summed E-state index contributed by atoms with van der Waals surface area (Å²) < 4.78 is 37.9. The third kappa shape index (κ3) is 3.66. The highest BCUT2D eigenvalue weighted by molar-refractivity contribution is 6.31. The molecule has 2 N–H and O–H groups in total. The van der Waals surface area contributed by atoms with Crippen molar-refractivity contribution in [3.05, 3.63) is 46.2 Å². The van der Waals surface area contributed by atoms with E-state index in [1.54, 1.807) is 0 Å². The highest BCUT2D eigenvalue weighted by Gasteiger charge is 2.30. The summed E-state index contributed by atoms with van der Waals surface area (Å²) in [5.41, 5.74) is 2.88. The second-order valence-corrected chi connectivity index (χ2v) is 4.78. The van der Waals surface area contributed by atoms with Crippen molar-refractivity contribution in [2.24, 2.45) is 5.10 Å². The third-order valence-electron chi connectivity index (χ3n) is 2.84. The molecule has 0 bridgehead atoms. The zero-order chi connectivity index (χ0) is 14.8. The Morgan fingerprint density at radius 2 is 2.05 bits per heavy atom. The van der Waals surface area contributed by atoms with E-state index in [4.69, 9.17) is 11.6 Å². The number of halogens is 4. The Morgan fingerprint density at radius 3 is 2.70 bits per heavy atom. The van der Waals surface area contributed by atoms with Gasteiger partial charge in [0, 0.05) is 11.1 Å². The lowest BCUT2D eigenvalue weighted by molar-refractivity contribution is -0.137. The molecule has 0 aliphatic carbocycles. The molecule has 0 radical (unpaired) electrons. The Morgan fingerprint density at radius 1 is 1.30 bits per heavy atom. The summed E-state index contributed by atoms with van der Waals surface area (Å²) in [6, 6.07) is 3.24. The Kier molecular flexibility index (Phi) is 4.23. The maximum atomic E-state index is 12.6. The van der Waals surface area contributed by atoms with Crippen molar-refractivity contribution in [1.82, 2.24) is 5.43 Å². The summed E-state index contributed by atoms with van der Waals surface area (Å²) in [7, 11) is 0. The van der Waals surface area contributed by atoms with Crippen LogP contribution in [0, 0.1) is 0 Å². The Labute approximate surface area is 118 Å². The van der Waals surface area contributed by atoms with Gasteiger partial charge in [0.2, 0.25) is 0 Å². The molecule has 108 valence electrons. The minimum Gasteiger partial charge on any atom is -0.510 e. The molecule has 0 aromatic heterocycles. The van der Waals surface area contributed by atoms with E-state index < -0.39 is 11.7 Å². The highest BCUT2D eigenvalue weighted by Crippen LogP contribution is 2.32. The average molecular weight is 305 g/mol. The number of aliphatic hydroxyl groups excluding tert-OH is 1. The maximum Gasteiger partial charge on any atom is 0.416 e. The molecular formula is C13H12ClF3N2O. The molecule has 0 saturated heterocycles. The van der Waals surface area contributed by atoms with Crippen LogP contribution in [0.3, 0.4) is 0 Å². The van der Waals surface area contributed by atoms with E-state index in [0.29, 0.717) is 24.1 Å². The van der Waals surface area contributed by atoms with Crippen LogP contribution in [0.2, 0.25) is 5.02 Å². The smallest absolute Gasteiger partial charge is 0.416 e. The second-order valence-electron chi connectivity index (χ2n) is 4.38. The fraction of sp³-hybridized carbons (Fsp3) is 0.308. The molecule has 3 nitrogen and oxygen atoms in total. The standard InChI is InChI=1S/C13H12ClF3N2O/c14-12-4-2-9(13(15,16)17)5-8(12)1-3-10-6-11(20)7-18-19-10/h2,4-6,18,20H,1,3,7H2. The van der Waals surface area contributed by atoms with E-state index >= 15 is 0 Å². The first-order valence-electron chi connectivity index (χ1n) is 5.91. The summed E-state index contributed by atoms with van der Waals surface area (Å²) in [6.45, 7) is 0.258. The summed E-state index contributed by atoms with van der Waals surface area (Å²) >= 11 is 5.91. The largest absolute Gasteiger partial charge is 0.510 e. The van der Waals surface area contributed by atoms with Gasteiger partial charge in [-0.1, -0.05) is 11.6 Å². The van der Waals surface area contributed by atoms with Crippen LogP contribution in [-0.2, 0) is 12.6 Å². The number of benzene rings is 1. The van der Waals surface area contributed by atoms with Crippen molar-refractivity contribution < 1.29 is 18.3 Å². The van der Waals surface area contributed by atoms with Crippen molar-refractivity contribution in [2.45, 2.75) is 19.0 Å². The first-order valence-corrected chi connectivity index (χ1v) is 6.28. The Hall–Kier alpha value is -1.69. The molecule has 1 aromatic rings. The van der Waals surface area contributed by atoms with Crippen LogP contribution in [0.4, 0.5) is 13.2 Å². The van der Waals surface area contributed by atoms with Crippen LogP contribution in [0.15, 0.2) is 35.1 Å². The zero-order valence-electron chi connectivity index (χ0n) is 10.3. The molecule has 0 fully saturated rings. The third-order valence-corrected chi connectivity index (χ3v) is 3.21. The quantitative estimate of drug-likeness (QED) is 0.894. The number of aryl methyl sites for hydroxylation is 1. The highest BCUT2D eigenvalue weighted by atomic mass is 35.5. The van der Waals surface area contributed by atoms with Crippen LogP contribution in [0.25, 0.3) is 0 Å².